The Morgan fingerprint density at radius 1 is 0.833 bits per heavy atom. The Kier molecular flexibility index (Phi) is 3.91. The summed E-state index contributed by atoms with van der Waals surface area (Å²) in [7, 11) is 0. The molecule has 1 fully saturated rings. The van der Waals surface area contributed by atoms with Gasteiger partial charge in [-0.25, -0.2) is 0 Å². The van der Waals surface area contributed by atoms with Gasteiger partial charge >= 0.3 is 0 Å². The van der Waals surface area contributed by atoms with Crippen LogP contribution in [0.2, 0.25) is 0 Å². The van der Waals surface area contributed by atoms with Crippen LogP contribution in [0.15, 0.2) is 66.7 Å². The molecule has 4 rings (SSSR count). The van der Waals surface area contributed by atoms with Crippen molar-refractivity contribution >= 4 is 28.1 Å². The minimum atomic E-state index is -0.0711. The van der Waals surface area contributed by atoms with E-state index in [0.717, 1.165) is 24.2 Å². The lowest BCUT2D eigenvalue weighted by Gasteiger charge is -2.17. The van der Waals surface area contributed by atoms with Gasteiger partial charge in [0.15, 0.2) is 0 Å². The maximum absolute atomic E-state index is 12.5. The molecule has 0 saturated carbocycles. The fourth-order valence-corrected chi connectivity index (χ4v) is 3.27. The molecule has 3 aromatic carbocycles. The number of fused-ring (bicyclic) bond motifs is 1. The minimum absolute atomic E-state index is 0.0711. The largest absolute Gasteiger partial charge is 0.372 e. The third kappa shape index (κ3) is 2.98. The van der Waals surface area contributed by atoms with Crippen LogP contribution >= 0.6 is 0 Å². The van der Waals surface area contributed by atoms with E-state index in [0.29, 0.717) is 5.56 Å². The Bertz CT molecular complexity index is 864. The second-order valence-corrected chi connectivity index (χ2v) is 6.26. The predicted octanol–water partition coefficient (Wildman–Crippen LogP) is 4.69. The van der Waals surface area contributed by atoms with Crippen molar-refractivity contribution in [2.24, 2.45) is 0 Å². The van der Waals surface area contributed by atoms with Crippen LogP contribution in [0.3, 0.4) is 0 Å². The van der Waals surface area contributed by atoms with Crippen molar-refractivity contribution in [3.05, 3.63) is 72.3 Å². The van der Waals surface area contributed by atoms with Gasteiger partial charge < -0.3 is 10.2 Å². The fourth-order valence-electron chi connectivity index (χ4n) is 3.27. The molecule has 0 atom stereocenters. The molecule has 3 heteroatoms. The molecule has 1 aliphatic rings. The van der Waals surface area contributed by atoms with E-state index in [2.05, 4.69) is 22.3 Å². The lowest BCUT2D eigenvalue weighted by molar-refractivity contribution is 0.102. The highest BCUT2D eigenvalue weighted by atomic mass is 16.1. The highest BCUT2D eigenvalue weighted by molar-refractivity contribution is 6.05. The summed E-state index contributed by atoms with van der Waals surface area (Å²) in [5.41, 5.74) is 2.71. The number of nitrogens with zero attached hydrogens (tertiary/aromatic N) is 1. The summed E-state index contributed by atoms with van der Waals surface area (Å²) in [5, 5.41) is 5.28. The zero-order valence-corrected chi connectivity index (χ0v) is 13.5. The molecule has 1 heterocycles. The number of carbonyl (C=O) groups is 1. The predicted molar refractivity (Wildman–Crippen MR) is 99.8 cm³/mol. The number of rotatable bonds is 3. The molecule has 1 aliphatic heterocycles. The first kappa shape index (κ1) is 14.8. The first-order valence-electron chi connectivity index (χ1n) is 8.45. The molecule has 3 nitrogen and oxygen atoms in total. The van der Waals surface area contributed by atoms with Gasteiger partial charge in [-0.05, 0) is 60.0 Å². The van der Waals surface area contributed by atoms with Gasteiger partial charge in [0.2, 0.25) is 0 Å². The van der Waals surface area contributed by atoms with Gasteiger partial charge in [-0.3, -0.25) is 4.79 Å². The van der Waals surface area contributed by atoms with Crippen molar-refractivity contribution in [2.75, 3.05) is 23.3 Å². The monoisotopic (exact) mass is 316 g/mol. The van der Waals surface area contributed by atoms with Gasteiger partial charge in [0.05, 0.1) is 0 Å². The van der Waals surface area contributed by atoms with Crippen molar-refractivity contribution < 1.29 is 4.79 Å². The molecule has 1 saturated heterocycles. The first-order valence-corrected chi connectivity index (χ1v) is 8.45. The second kappa shape index (κ2) is 6.36. The number of hydrogen-bond donors (Lipinski definition) is 1. The molecular weight excluding hydrogens is 296 g/mol. The van der Waals surface area contributed by atoms with Gasteiger partial charge in [0, 0.05) is 30.0 Å². The van der Waals surface area contributed by atoms with Crippen molar-refractivity contribution in [1.82, 2.24) is 0 Å². The Balaban J connectivity index is 1.50. The second-order valence-electron chi connectivity index (χ2n) is 6.26. The van der Waals surface area contributed by atoms with E-state index in [1.165, 1.54) is 23.9 Å². The van der Waals surface area contributed by atoms with Gasteiger partial charge in [-0.2, -0.15) is 0 Å². The molecule has 3 aromatic rings. The SMILES string of the molecule is O=C(Nc1ccc2ccccc2c1)c1ccc(N2CCCC2)cc1. The quantitative estimate of drug-likeness (QED) is 0.760. The highest BCUT2D eigenvalue weighted by Crippen LogP contribution is 2.22. The van der Waals surface area contributed by atoms with Crippen LogP contribution in [-0.2, 0) is 0 Å². The van der Waals surface area contributed by atoms with Crippen molar-refractivity contribution in [3.8, 4) is 0 Å². The molecule has 1 amide bonds. The maximum Gasteiger partial charge on any atom is 0.255 e. The van der Waals surface area contributed by atoms with E-state index in [9.17, 15) is 4.79 Å². The lowest BCUT2D eigenvalue weighted by atomic mass is 10.1. The van der Waals surface area contributed by atoms with E-state index < -0.39 is 0 Å². The molecule has 1 N–H and O–H groups in total. The summed E-state index contributed by atoms with van der Waals surface area (Å²) >= 11 is 0. The van der Waals surface area contributed by atoms with E-state index >= 15 is 0 Å². The summed E-state index contributed by atoms with van der Waals surface area (Å²) in [4.78, 5) is 14.8. The zero-order chi connectivity index (χ0) is 16.4. The number of nitrogens with one attached hydrogen (secondary N) is 1. The molecule has 0 radical (unpaired) electrons. The minimum Gasteiger partial charge on any atom is -0.372 e. The molecule has 0 bridgehead atoms. The first-order chi connectivity index (χ1) is 11.8. The normalized spacial score (nSPS) is 14.1. The highest BCUT2D eigenvalue weighted by Gasteiger charge is 2.13. The van der Waals surface area contributed by atoms with E-state index in [-0.39, 0.29) is 5.91 Å². The maximum atomic E-state index is 12.5. The summed E-state index contributed by atoms with van der Waals surface area (Å²) < 4.78 is 0. The van der Waals surface area contributed by atoms with Gasteiger partial charge in [-0.15, -0.1) is 0 Å². The Morgan fingerprint density at radius 3 is 2.29 bits per heavy atom. The van der Waals surface area contributed by atoms with Gasteiger partial charge in [-0.1, -0.05) is 30.3 Å². The zero-order valence-electron chi connectivity index (χ0n) is 13.5. The Hall–Kier alpha value is -2.81. The number of benzene rings is 3. The summed E-state index contributed by atoms with van der Waals surface area (Å²) in [5.74, 6) is -0.0711. The summed E-state index contributed by atoms with van der Waals surface area (Å²) in [6, 6.07) is 22.0. The van der Waals surface area contributed by atoms with E-state index in [1.807, 2.05) is 54.6 Å². The van der Waals surface area contributed by atoms with Crippen LogP contribution < -0.4 is 10.2 Å². The Morgan fingerprint density at radius 2 is 1.54 bits per heavy atom. The third-order valence-electron chi connectivity index (χ3n) is 4.61. The lowest BCUT2D eigenvalue weighted by Crippen LogP contribution is -2.18. The van der Waals surface area contributed by atoms with Crippen LogP contribution in [0.25, 0.3) is 10.8 Å². The number of anilines is 2. The van der Waals surface area contributed by atoms with Crippen molar-refractivity contribution in [1.29, 1.82) is 0 Å². The fraction of sp³-hybridized carbons (Fsp3) is 0.190. The summed E-state index contributed by atoms with van der Waals surface area (Å²) in [6.45, 7) is 2.23. The number of carbonyl (C=O) groups excluding carboxylic acids is 1. The standard InChI is InChI=1S/C21H20N2O/c24-21(17-8-11-20(12-9-17)23-13-3-4-14-23)22-19-10-7-16-5-1-2-6-18(16)15-19/h1-2,5-12,15H,3-4,13-14H2,(H,22,24). The van der Waals surface area contributed by atoms with E-state index in [1.54, 1.807) is 0 Å². The number of hydrogen-bond acceptors (Lipinski definition) is 2. The molecule has 0 aromatic heterocycles. The average Bonchev–Trinajstić information content (AvgIpc) is 3.16. The van der Waals surface area contributed by atoms with Crippen LogP contribution in [0.1, 0.15) is 23.2 Å². The molecule has 0 spiro atoms. The van der Waals surface area contributed by atoms with Crippen LogP contribution in [0.4, 0.5) is 11.4 Å². The van der Waals surface area contributed by atoms with Crippen LogP contribution in [0, 0.1) is 0 Å². The average molecular weight is 316 g/mol. The van der Waals surface area contributed by atoms with Crippen molar-refractivity contribution in [3.63, 3.8) is 0 Å². The van der Waals surface area contributed by atoms with Gasteiger partial charge in [0.1, 0.15) is 0 Å². The van der Waals surface area contributed by atoms with Gasteiger partial charge in [0.25, 0.3) is 5.91 Å². The van der Waals surface area contributed by atoms with Crippen LogP contribution in [-0.4, -0.2) is 19.0 Å². The molecular formula is C21H20N2O. The summed E-state index contributed by atoms with van der Waals surface area (Å²) in [6.07, 6.45) is 2.51. The molecule has 120 valence electrons. The topological polar surface area (TPSA) is 32.3 Å². The molecule has 0 aliphatic carbocycles. The molecule has 0 unspecified atom stereocenters. The number of amides is 1. The van der Waals surface area contributed by atoms with Crippen molar-refractivity contribution in [2.45, 2.75) is 12.8 Å². The van der Waals surface area contributed by atoms with E-state index in [4.69, 9.17) is 0 Å². The smallest absolute Gasteiger partial charge is 0.255 e. The van der Waals surface area contributed by atoms with Crippen LogP contribution in [0.5, 0.6) is 0 Å². The molecule has 24 heavy (non-hydrogen) atoms. The third-order valence-corrected chi connectivity index (χ3v) is 4.61. The Labute approximate surface area is 141 Å².